The molecule has 0 N–H and O–H groups in total. The van der Waals surface area contributed by atoms with Crippen LogP contribution in [-0.2, 0) is 21.7 Å². The van der Waals surface area contributed by atoms with Gasteiger partial charge in [0.2, 0.25) is 0 Å². The van der Waals surface area contributed by atoms with Crippen LogP contribution in [0.15, 0.2) is 40.1 Å². The molecule has 0 aliphatic rings. The van der Waals surface area contributed by atoms with Crippen molar-refractivity contribution >= 4 is 16.8 Å². The molecular formula is C17H14F5NO3S. The third-order valence-corrected chi connectivity index (χ3v) is 5.10. The number of alkyl halides is 5. The van der Waals surface area contributed by atoms with Crippen molar-refractivity contribution in [1.82, 2.24) is 4.98 Å². The summed E-state index contributed by atoms with van der Waals surface area (Å²) in [5.41, 5.74) is -4.60. The third-order valence-electron chi connectivity index (χ3n) is 3.51. The fourth-order valence-electron chi connectivity index (χ4n) is 2.41. The van der Waals surface area contributed by atoms with Crippen LogP contribution in [0.4, 0.5) is 22.0 Å². The van der Waals surface area contributed by atoms with Crippen LogP contribution in [-0.4, -0.2) is 21.8 Å². The van der Waals surface area contributed by atoms with E-state index in [0.29, 0.717) is 0 Å². The minimum atomic E-state index is -5.18. The molecule has 2 rings (SSSR count). The van der Waals surface area contributed by atoms with Gasteiger partial charge in [0.1, 0.15) is 5.69 Å². The van der Waals surface area contributed by atoms with E-state index in [4.69, 9.17) is 0 Å². The van der Waals surface area contributed by atoms with Crippen LogP contribution in [0.5, 0.6) is 0 Å². The predicted molar refractivity (Wildman–Crippen MR) is 86.0 cm³/mol. The molecule has 146 valence electrons. The highest BCUT2D eigenvalue weighted by Gasteiger charge is 2.42. The first-order valence-corrected chi connectivity index (χ1v) is 8.78. The van der Waals surface area contributed by atoms with E-state index in [1.807, 2.05) is 0 Å². The first-order valence-electron chi connectivity index (χ1n) is 7.63. The van der Waals surface area contributed by atoms with Gasteiger partial charge in [0.05, 0.1) is 27.9 Å². The van der Waals surface area contributed by atoms with Crippen molar-refractivity contribution < 1.29 is 35.7 Å². The molecular weight excluding hydrogens is 393 g/mol. The number of nitrogens with zero attached hydrogens (tertiary/aromatic N) is 1. The summed E-state index contributed by atoms with van der Waals surface area (Å²) in [6.45, 7) is 2.17. The van der Waals surface area contributed by atoms with Crippen molar-refractivity contribution in [2.75, 3.05) is 6.61 Å². The molecule has 0 fully saturated rings. The third kappa shape index (κ3) is 4.32. The summed E-state index contributed by atoms with van der Waals surface area (Å²) in [5.74, 6) is -1.37. The van der Waals surface area contributed by atoms with Crippen LogP contribution in [0.3, 0.4) is 0 Å². The molecule has 1 atom stereocenters. The van der Waals surface area contributed by atoms with E-state index in [1.165, 1.54) is 31.2 Å². The lowest BCUT2D eigenvalue weighted by molar-refractivity contribution is -0.142. The fraction of sp³-hybridized carbons (Fsp3) is 0.294. The SMILES string of the molecule is CCOC(=O)c1c(C(F)(F)F)nc(C(F)F)c(S(=O)c2ccccc2)c1C. The Labute approximate surface area is 153 Å². The summed E-state index contributed by atoms with van der Waals surface area (Å²) in [6, 6.07) is 7.32. The molecule has 2 aromatic rings. The minimum Gasteiger partial charge on any atom is -0.462 e. The van der Waals surface area contributed by atoms with E-state index in [9.17, 15) is 31.0 Å². The number of aromatic nitrogens is 1. The van der Waals surface area contributed by atoms with Gasteiger partial charge in [-0.15, -0.1) is 0 Å². The van der Waals surface area contributed by atoms with E-state index >= 15 is 0 Å². The summed E-state index contributed by atoms with van der Waals surface area (Å²) in [6.07, 6.45) is -8.60. The number of halogens is 5. The Morgan fingerprint density at radius 2 is 1.81 bits per heavy atom. The molecule has 0 spiro atoms. The summed E-state index contributed by atoms with van der Waals surface area (Å²) in [5, 5.41) is 0. The Balaban J connectivity index is 2.85. The van der Waals surface area contributed by atoms with Gasteiger partial charge in [-0.2, -0.15) is 13.2 Å². The van der Waals surface area contributed by atoms with Gasteiger partial charge in [0, 0.05) is 4.90 Å². The summed E-state index contributed by atoms with van der Waals surface area (Å²) in [7, 11) is -2.27. The first kappa shape index (κ1) is 20.9. The van der Waals surface area contributed by atoms with Crippen molar-refractivity contribution in [2.45, 2.75) is 36.2 Å². The first-order chi connectivity index (χ1) is 12.6. The number of hydrogen-bond acceptors (Lipinski definition) is 4. The van der Waals surface area contributed by atoms with Crippen molar-refractivity contribution in [1.29, 1.82) is 0 Å². The van der Waals surface area contributed by atoms with E-state index in [-0.39, 0.29) is 11.5 Å². The maximum Gasteiger partial charge on any atom is 0.434 e. The molecule has 0 saturated carbocycles. The summed E-state index contributed by atoms with van der Waals surface area (Å²) in [4.78, 5) is 14.5. The smallest absolute Gasteiger partial charge is 0.434 e. The second kappa shape index (κ2) is 8.12. The number of benzene rings is 1. The lowest BCUT2D eigenvalue weighted by Crippen LogP contribution is -2.22. The van der Waals surface area contributed by atoms with Gasteiger partial charge in [-0.05, 0) is 31.5 Å². The Hall–Kier alpha value is -2.36. The predicted octanol–water partition coefficient (Wildman–Crippen LogP) is 4.69. The fourth-order valence-corrected chi connectivity index (χ4v) is 3.76. The maximum absolute atomic E-state index is 13.5. The van der Waals surface area contributed by atoms with Crippen molar-refractivity contribution in [3.63, 3.8) is 0 Å². The lowest BCUT2D eigenvalue weighted by atomic mass is 10.1. The highest BCUT2D eigenvalue weighted by atomic mass is 32.2. The molecule has 0 aliphatic heterocycles. The van der Waals surface area contributed by atoms with Gasteiger partial charge in [0.15, 0.2) is 5.69 Å². The standard InChI is InChI=1S/C17H14F5NO3S/c1-3-26-16(24)11-9(2)13(27(25)10-7-5-4-6-8-10)12(15(18)19)23-14(11)17(20,21)22/h4-8,15H,3H2,1-2H3. The van der Waals surface area contributed by atoms with Crippen LogP contribution in [0.2, 0.25) is 0 Å². The van der Waals surface area contributed by atoms with Crippen molar-refractivity contribution in [3.05, 3.63) is 52.8 Å². The molecule has 1 aromatic heterocycles. The second-order valence-electron chi connectivity index (χ2n) is 5.28. The van der Waals surface area contributed by atoms with Gasteiger partial charge >= 0.3 is 12.1 Å². The molecule has 0 saturated heterocycles. The maximum atomic E-state index is 13.5. The topological polar surface area (TPSA) is 56.3 Å². The number of carbonyl (C=O) groups excluding carboxylic acids is 1. The van der Waals surface area contributed by atoms with Crippen LogP contribution in [0.1, 0.15) is 40.7 Å². The molecule has 1 aromatic carbocycles. The molecule has 1 heterocycles. The van der Waals surface area contributed by atoms with E-state index in [1.54, 1.807) is 6.07 Å². The van der Waals surface area contributed by atoms with Crippen molar-refractivity contribution in [3.8, 4) is 0 Å². The summed E-state index contributed by atoms with van der Waals surface area (Å²) < 4.78 is 84.3. The van der Waals surface area contributed by atoms with Gasteiger partial charge in [0.25, 0.3) is 6.43 Å². The largest absolute Gasteiger partial charge is 0.462 e. The Bertz CT molecular complexity index is 869. The number of carbonyl (C=O) groups is 1. The lowest BCUT2D eigenvalue weighted by Gasteiger charge is -2.19. The zero-order chi connectivity index (χ0) is 20.4. The van der Waals surface area contributed by atoms with Gasteiger partial charge < -0.3 is 4.74 Å². The van der Waals surface area contributed by atoms with Crippen LogP contribution in [0.25, 0.3) is 0 Å². The van der Waals surface area contributed by atoms with Crippen LogP contribution in [0, 0.1) is 6.92 Å². The number of ether oxygens (including phenoxy) is 1. The van der Waals surface area contributed by atoms with Crippen molar-refractivity contribution in [2.24, 2.45) is 0 Å². The Kier molecular flexibility index (Phi) is 6.30. The molecule has 27 heavy (non-hydrogen) atoms. The Morgan fingerprint density at radius 1 is 1.22 bits per heavy atom. The van der Waals surface area contributed by atoms with Gasteiger partial charge in [-0.3, -0.25) is 0 Å². The van der Waals surface area contributed by atoms with Gasteiger partial charge in [-0.25, -0.2) is 22.8 Å². The molecule has 0 aliphatic carbocycles. The van der Waals surface area contributed by atoms with E-state index < -0.39 is 56.8 Å². The monoisotopic (exact) mass is 407 g/mol. The highest BCUT2D eigenvalue weighted by molar-refractivity contribution is 7.85. The van der Waals surface area contributed by atoms with Crippen LogP contribution < -0.4 is 0 Å². The average Bonchev–Trinajstić information content (AvgIpc) is 2.60. The molecule has 1 unspecified atom stereocenters. The number of hydrogen-bond donors (Lipinski definition) is 0. The number of esters is 1. The molecule has 4 nitrogen and oxygen atoms in total. The highest BCUT2D eigenvalue weighted by Crippen LogP contribution is 2.38. The second-order valence-corrected chi connectivity index (χ2v) is 6.69. The normalized spacial score (nSPS) is 12.9. The zero-order valence-corrected chi connectivity index (χ0v) is 15.0. The molecule has 0 bridgehead atoms. The quantitative estimate of drug-likeness (QED) is 0.533. The minimum absolute atomic E-state index is 0.0823. The number of rotatable bonds is 5. The molecule has 0 amide bonds. The summed E-state index contributed by atoms with van der Waals surface area (Å²) >= 11 is 0. The van der Waals surface area contributed by atoms with Crippen LogP contribution >= 0.6 is 0 Å². The van der Waals surface area contributed by atoms with E-state index in [2.05, 4.69) is 9.72 Å². The van der Waals surface area contributed by atoms with E-state index in [0.717, 1.165) is 6.92 Å². The molecule has 0 radical (unpaired) electrons. The Morgan fingerprint density at radius 3 is 2.30 bits per heavy atom. The molecule has 10 heteroatoms. The van der Waals surface area contributed by atoms with Gasteiger partial charge in [-0.1, -0.05) is 18.2 Å². The number of pyridine rings is 1. The zero-order valence-electron chi connectivity index (χ0n) is 14.1. The average molecular weight is 407 g/mol.